The number of aromatic hydroxyl groups is 1. The summed E-state index contributed by atoms with van der Waals surface area (Å²) in [6.07, 6.45) is 0. The molecule has 27 heavy (non-hydrogen) atoms. The van der Waals surface area contributed by atoms with Crippen molar-refractivity contribution in [3.63, 3.8) is 0 Å². The van der Waals surface area contributed by atoms with Crippen LogP contribution in [0.5, 0.6) is 5.75 Å². The van der Waals surface area contributed by atoms with Gasteiger partial charge >= 0.3 is 5.69 Å². The topological polar surface area (TPSA) is 141 Å². The van der Waals surface area contributed by atoms with Gasteiger partial charge in [0.15, 0.2) is 0 Å². The fourth-order valence-electron chi connectivity index (χ4n) is 2.65. The van der Waals surface area contributed by atoms with Crippen LogP contribution in [0.25, 0.3) is 16.5 Å². The number of aryl methyl sites for hydroxylation is 1. The van der Waals surface area contributed by atoms with E-state index in [-0.39, 0.29) is 37.9 Å². The predicted molar refractivity (Wildman–Crippen MR) is 97.1 cm³/mol. The Morgan fingerprint density at radius 2 is 1.78 bits per heavy atom. The van der Waals surface area contributed by atoms with Gasteiger partial charge in [0.1, 0.15) is 11.4 Å². The Morgan fingerprint density at radius 1 is 1.11 bits per heavy atom. The highest BCUT2D eigenvalue weighted by Gasteiger charge is 2.25. The lowest BCUT2D eigenvalue weighted by Gasteiger charge is -2.12. The van der Waals surface area contributed by atoms with E-state index in [1.54, 1.807) is 0 Å². The molecule has 0 radical (unpaired) electrons. The largest absolute Gasteiger partial charge is 0.507 e. The molecule has 0 fully saturated rings. The average molecular weight is 411 g/mol. The van der Waals surface area contributed by atoms with Crippen LogP contribution < -0.4 is 5.56 Å². The van der Waals surface area contributed by atoms with Crippen LogP contribution in [0.3, 0.4) is 0 Å². The first-order valence-corrected chi connectivity index (χ1v) is 7.93. The molecule has 2 aromatic carbocycles. The molecule has 0 saturated heterocycles. The Bertz CT molecular complexity index is 1210. The van der Waals surface area contributed by atoms with Crippen LogP contribution in [0, 0.1) is 27.2 Å². The number of phenolic OH excluding ortho intramolecular Hbond substituents is 1. The first-order valence-electron chi connectivity index (χ1n) is 7.17. The van der Waals surface area contributed by atoms with Crippen LogP contribution in [0.2, 0.25) is 10.0 Å². The summed E-state index contributed by atoms with van der Waals surface area (Å²) in [5, 5.41) is 35.9. The third-order valence-electron chi connectivity index (χ3n) is 3.81. The smallest absolute Gasteiger partial charge is 0.301 e. The Hall–Kier alpha value is -3.24. The van der Waals surface area contributed by atoms with E-state index >= 15 is 0 Å². The Morgan fingerprint density at radius 3 is 2.37 bits per heavy atom. The normalized spacial score (nSPS) is 10.9. The van der Waals surface area contributed by atoms with Gasteiger partial charge in [0.2, 0.25) is 0 Å². The van der Waals surface area contributed by atoms with E-state index in [0.29, 0.717) is 4.68 Å². The third kappa shape index (κ3) is 2.94. The number of nitro benzene ring substituents is 2. The maximum atomic E-state index is 12.9. The molecule has 0 atom stereocenters. The summed E-state index contributed by atoms with van der Waals surface area (Å²) in [5.74, 6) is -0.327. The Kier molecular flexibility index (Phi) is 4.46. The highest BCUT2D eigenvalue weighted by Crippen LogP contribution is 2.36. The molecule has 1 aromatic heterocycles. The second-order valence-electron chi connectivity index (χ2n) is 5.43. The van der Waals surface area contributed by atoms with Gasteiger partial charge in [0.05, 0.1) is 42.4 Å². The predicted octanol–water partition coefficient (Wildman–Crippen LogP) is 3.52. The molecule has 0 aliphatic rings. The summed E-state index contributed by atoms with van der Waals surface area (Å²) in [5.41, 5.74) is -2.24. The van der Waals surface area contributed by atoms with Gasteiger partial charge in [-0.3, -0.25) is 25.0 Å². The first kappa shape index (κ1) is 18.5. The molecule has 10 nitrogen and oxygen atoms in total. The number of fused-ring (bicyclic) bond motifs is 1. The number of nitro groups is 2. The zero-order valence-electron chi connectivity index (χ0n) is 13.3. The lowest BCUT2D eigenvalue weighted by Crippen LogP contribution is -2.23. The van der Waals surface area contributed by atoms with Crippen molar-refractivity contribution in [2.75, 3.05) is 0 Å². The molecule has 0 spiro atoms. The minimum atomic E-state index is -0.879. The molecule has 12 heteroatoms. The fourth-order valence-corrected chi connectivity index (χ4v) is 3.07. The molecular weight excluding hydrogens is 403 g/mol. The lowest BCUT2D eigenvalue weighted by molar-refractivity contribution is -0.394. The molecule has 3 aromatic rings. The van der Waals surface area contributed by atoms with E-state index in [1.807, 2.05) is 0 Å². The number of hydrogen-bond acceptors (Lipinski definition) is 7. The zero-order chi connectivity index (χ0) is 20.0. The van der Waals surface area contributed by atoms with Crippen molar-refractivity contribution >= 4 is 45.3 Å². The van der Waals surface area contributed by atoms with Crippen molar-refractivity contribution in [3.05, 3.63) is 70.6 Å². The summed E-state index contributed by atoms with van der Waals surface area (Å²) >= 11 is 12.0. The number of nitrogens with zero attached hydrogens (tertiary/aromatic N) is 4. The molecule has 1 heterocycles. The van der Waals surface area contributed by atoms with Crippen LogP contribution >= 0.6 is 23.2 Å². The molecule has 0 bridgehead atoms. The Labute approximate surface area is 159 Å². The summed E-state index contributed by atoms with van der Waals surface area (Å²) < 4.78 is 0.696. The summed E-state index contributed by atoms with van der Waals surface area (Å²) in [7, 11) is 0. The number of rotatable bonds is 3. The molecule has 1 N–H and O–H groups in total. The monoisotopic (exact) mass is 410 g/mol. The number of benzene rings is 2. The van der Waals surface area contributed by atoms with Crippen LogP contribution in [0.1, 0.15) is 5.69 Å². The van der Waals surface area contributed by atoms with Gasteiger partial charge < -0.3 is 5.11 Å². The maximum absolute atomic E-state index is 12.9. The van der Waals surface area contributed by atoms with Crippen LogP contribution in [0.4, 0.5) is 11.4 Å². The standard InChI is InChI=1S/C15H8Cl2N4O6/c1-6-12-11(22)5-8(16)14(17)13(12)15(23)19(18-6)9-3-2-7(20(24)25)4-10(9)21(26)27/h2-5,22H,1H3. The van der Waals surface area contributed by atoms with Gasteiger partial charge in [-0.15, -0.1) is 0 Å². The van der Waals surface area contributed by atoms with Gasteiger partial charge in [-0.05, 0) is 13.0 Å². The highest BCUT2D eigenvalue weighted by atomic mass is 35.5. The fraction of sp³-hybridized carbons (Fsp3) is 0.0667. The summed E-state index contributed by atoms with van der Waals surface area (Å²) in [6, 6.07) is 3.92. The molecule has 0 unspecified atom stereocenters. The van der Waals surface area contributed by atoms with Crippen molar-refractivity contribution in [1.29, 1.82) is 0 Å². The van der Waals surface area contributed by atoms with E-state index in [1.165, 1.54) is 6.92 Å². The van der Waals surface area contributed by atoms with E-state index in [4.69, 9.17) is 23.2 Å². The number of phenols is 1. The van der Waals surface area contributed by atoms with Crippen molar-refractivity contribution in [1.82, 2.24) is 9.78 Å². The SMILES string of the molecule is Cc1nn(-c2ccc([N+](=O)[O-])cc2[N+](=O)[O-])c(=O)c2c(Cl)c(Cl)cc(O)c12. The van der Waals surface area contributed by atoms with Gasteiger partial charge in [-0.25, -0.2) is 0 Å². The minimum Gasteiger partial charge on any atom is -0.507 e. The van der Waals surface area contributed by atoms with Crippen LogP contribution in [-0.2, 0) is 0 Å². The molecule has 0 saturated carbocycles. The number of aromatic nitrogens is 2. The van der Waals surface area contributed by atoms with E-state index < -0.39 is 26.8 Å². The zero-order valence-corrected chi connectivity index (χ0v) is 14.9. The highest BCUT2D eigenvalue weighted by molar-refractivity contribution is 6.45. The van der Waals surface area contributed by atoms with Crippen molar-refractivity contribution in [3.8, 4) is 11.4 Å². The number of non-ortho nitro benzene ring substituents is 1. The summed E-state index contributed by atoms with van der Waals surface area (Å²) in [4.78, 5) is 33.5. The second kappa shape index (κ2) is 6.49. The van der Waals surface area contributed by atoms with Gasteiger partial charge in [-0.1, -0.05) is 23.2 Å². The average Bonchev–Trinajstić information content (AvgIpc) is 2.60. The molecular formula is C15H8Cl2N4O6. The van der Waals surface area contributed by atoms with E-state index in [0.717, 1.165) is 24.3 Å². The quantitative estimate of drug-likeness (QED) is 0.513. The van der Waals surface area contributed by atoms with E-state index in [2.05, 4.69) is 5.10 Å². The molecule has 3 rings (SSSR count). The van der Waals surface area contributed by atoms with Gasteiger partial charge in [0.25, 0.3) is 11.2 Å². The minimum absolute atomic E-state index is 0.0511. The first-order chi connectivity index (χ1) is 12.6. The Balaban J connectivity index is 2.45. The number of hydrogen-bond donors (Lipinski definition) is 1. The molecule has 0 amide bonds. The molecule has 138 valence electrons. The number of halogens is 2. The van der Waals surface area contributed by atoms with Crippen LogP contribution in [0.15, 0.2) is 29.1 Å². The van der Waals surface area contributed by atoms with Gasteiger partial charge in [0, 0.05) is 12.1 Å². The van der Waals surface area contributed by atoms with Crippen molar-refractivity contribution in [2.45, 2.75) is 6.92 Å². The van der Waals surface area contributed by atoms with E-state index in [9.17, 15) is 30.1 Å². The van der Waals surface area contributed by atoms with Crippen LogP contribution in [-0.4, -0.2) is 24.7 Å². The van der Waals surface area contributed by atoms with Crippen molar-refractivity contribution < 1.29 is 15.0 Å². The van der Waals surface area contributed by atoms with Gasteiger partial charge in [-0.2, -0.15) is 9.78 Å². The van der Waals surface area contributed by atoms with Crippen molar-refractivity contribution in [2.24, 2.45) is 0 Å². The summed E-state index contributed by atoms with van der Waals surface area (Å²) in [6.45, 7) is 1.46. The lowest BCUT2D eigenvalue weighted by atomic mass is 10.1. The maximum Gasteiger partial charge on any atom is 0.301 e. The molecule has 0 aliphatic carbocycles. The second-order valence-corrected chi connectivity index (χ2v) is 6.22. The molecule has 0 aliphatic heterocycles. The third-order valence-corrected chi connectivity index (χ3v) is 4.60.